The Labute approximate surface area is 127 Å². The molecule has 1 aromatic carbocycles. The van der Waals surface area contributed by atoms with Crippen molar-refractivity contribution in [2.75, 3.05) is 31.9 Å². The Kier molecular flexibility index (Phi) is 6.54. The number of hydrogen-bond acceptors (Lipinski definition) is 3. The number of aryl methyl sites for hydroxylation is 1. The third-order valence-corrected chi connectivity index (χ3v) is 4.04. The van der Waals surface area contributed by atoms with Gasteiger partial charge in [-0.25, -0.2) is 0 Å². The van der Waals surface area contributed by atoms with Crippen LogP contribution in [0.5, 0.6) is 0 Å². The quantitative estimate of drug-likeness (QED) is 0.789. The number of rotatable bonds is 6. The number of amides is 1. The molecule has 2 rings (SSSR count). The first-order valence-corrected chi connectivity index (χ1v) is 8.07. The summed E-state index contributed by atoms with van der Waals surface area (Å²) in [6.07, 6.45) is 6.57. The molecule has 3 N–H and O–H groups in total. The highest BCUT2D eigenvalue weighted by Crippen LogP contribution is 2.09. The molecule has 1 heterocycles. The van der Waals surface area contributed by atoms with Gasteiger partial charge in [-0.3, -0.25) is 4.79 Å². The van der Waals surface area contributed by atoms with Gasteiger partial charge >= 0.3 is 0 Å². The number of likely N-dealkylation sites (tertiary alicyclic amines) is 1. The molecule has 0 aliphatic carbocycles. The van der Waals surface area contributed by atoms with Gasteiger partial charge in [-0.1, -0.05) is 25.0 Å². The molecule has 0 spiro atoms. The molecule has 1 aliphatic rings. The molecule has 1 aromatic rings. The third kappa shape index (κ3) is 6.17. The largest absolute Gasteiger partial charge is 0.399 e. The number of nitrogens with two attached hydrogens (primary N) is 1. The zero-order chi connectivity index (χ0) is 14.9. The van der Waals surface area contributed by atoms with E-state index in [1.54, 1.807) is 0 Å². The molecule has 4 nitrogen and oxygen atoms in total. The van der Waals surface area contributed by atoms with Crippen LogP contribution in [-0.4, -0.2) is 37.0 Å². The van der Waals surface area contributed by atoms with Crippen LogP contribution in [0, 0.1) is 0 Å². The van der Waals surface area contributed by atoms with Crippen molar-refractivity contribution >= 4 is 11.6 Å². The van der Waals surface area contributed by atoms with Crippen LogP contribution in [0.25, 0.3) is 0 Å². The van der Waals surface area contributed by atoms with E-state index < -0.39 is 0 Å². The standard InChI is InChI=1S/C17H27N3O/c18-16-7-5-6-15(14-16)8-9-17(21)19-10-13-20-11-3-1-2-4-12-20/h5-7,14H,1-4,8-13,18H2,(H,19,21). The summed E-state index contributed by atoms with van der Waals surface area (Å²) in [6.45, 7) is 4.10. The highest BCUT2D eigenvalue weighted by molar-refractivity contribution is 5.76. The first-order valence-electron chi connectivity index (χ1n) is 8.07. The Morgan fingerprint density at radius 3 is 2.67 bits per heavy atom. The number of benzene rings is 1. The van der Waals surface area contributed by atoms with E-state index in [9.17, 15) is 4.79 Å². The number of anilines is 1. The molecule has 4 heteroatoms. The number of nitrogens with zero attached hydrogens (tertiary/aromatic N) is 1. The topological polar surface area (TPSA) is 58.4 Å². The highest BCUT2D eigenvalue weighted by atomic mass is 16.1. The predicted molar refractivity (Wildman–Crippen MR) is 87.1 cm³/mol. The van der Waals surface area contributed by atoms with Crippen molar-refractivity contribution in [3.8, 4) is 0 Å². The van der Waals surface area contributed by atoms with Crippen LogP contribution in [0.3, 0.4) is 0 Å². The first kappa shape index (κ1) is 15.8. The van der Waals surface area contributed by atoms with Crippen LogP contribution in [-0.2, 0) is 11.2 Å². The normalized spacial score (nSPS) is 16.4. The molecule has 0 bridgehead atoms. The molecule has 1 fully saturated rings. The maximum atomic E-state index is 11.8. The summed E-state index contributed by atoms with van der Waals surface area (Å²) in [5, 5.41) is 3.02. The van der Waals surface area contributed by atoms with Gasteiger partial charge in [-0.15, -0.1) is 0 Å². The monoisotopic (exact) mass is 289 g/mol. The van der Waals surface area contributed by atoms with Crippen molar-refractivity contribution in [2.24, 2.45) is 0 Å². The van der Waals surface area contributed by atoms with Crippen molar-refractivity contribution in [1.82, 2.24) is 10.2 Å². The summed E-state index contributed by atoms with van der Waals surface area (Å²) < 4.78 is 0. The van der Waals surface area contributed by atoms with Gasteiger partial charge in [-0.05, 0) is 50.0 Å². The lowest BCUT2D eigenvalue weighted by molar-refractivity contribution is -0.121. The molecule has 21 heavy (non-hydrogen) atoms. The maximum absolute atomic E-state index is 11.8. The van der Waals surface area contributed by atoms with Crippen molar-refractivity contribution in [3.05, 3.63) is 29.8 Å². The van der Waals surface area contributed by atoms with Crippen molar-refractivity contribution < 1.29 is 4.79 Å². The fraction of sp³-hybridized carbons (Fsp3) is 0.588. The Morgan fingerprint density at radius 2 is 1.95 bits per heavy atom. The smallest absolute Gasteiger partial charge is 0.220 e. The van der Waals surface area contributed by atoms with Gasteiger partial charge in [0.05, 0.1) is 0 Å². The number of nitrogen functional groups attached to an aromatic ring is 1. The molecule has 0 atom stereocenters. The maximum Gasteiger partial charge on any atom is 0.220 e. The minimum Gasteiger partial charge on any atom is -0.399 e. The fourth-order valence-corrected chi connectivity index (χ4v) is 2.81. The Morgan fingerprint density at radius 1 is 1.19 bits per heavy atom. The van der Waals surface area contributed by atoms with Crippen LogP contribution >= 0.6 is 0 Å². The molecular formula is C17H27N3O. The minimum atomic E-state index is 0.132. The Hall–Kier alpha value is -1.55. The fourth-order valence-electron chi connectivity index (χ4n) is 2.81. The number of carbonyl (C=O) groups excluding carboxylic acids is 1. The third-order valence-electron chi connectivity index (χ3n) is 4.04. The first-order chi connectivity index (χ1) is 10.2. The Balaban J connectivity index is 1.61. The second-order valence-corrected chi connectivity index (χ2v) is 5.85. The van der Waals surface area contributed by atoms with E-state index in [4.69, 9.17) is 5.73 Å². The summed E-state index contributed by atoms with van der Waals surface area (Å²) in [5.41, 5.74) is 7.62. The Bertz CT molecular complexity index is 439. The van der Waals surface area contributed by atoms with E-state index in [0.29, 0.717) is 6.42 Å². The summed E-state index contributed by atoms with van der Waals surface area (Å²) in [5.74, 6) is 0.132. The molecule has 116 valence electrons. The van der Waals surface area contributed by atoms with Crippen molar-refractivity contribution in [1.29, 1.82) is 0 Å². The molecule has 0 aromatic heterocycles. The molecule has 1 saturated heterocycles. The number of hydrogen-bond donors (Lipinski definition) is 2. The van der Waals surface area contributed by atoms with Gasteiger partial charge in [0.25, 0.3) is 0 Å². The zero-order valence-electron chi connectivity index (χ0n) is 12.8. The predicted octanol–water partition coefficient (Wildman–Crippen LogP) is 2.19. The van der Waals surface area contributed by atoms with Gasteiger partial charge in [0.1, 0.15) is 0 Å². The van der Waals surface area contributed by atoms with Crippen LogP contribution in [0.1, 0.15) is 37.7 Å². The molecule has 1 amide bonds. The number of nitrogens with one attached hydrogen (secondary N) is 1. The van der Waals surface area contributed by atoms with E-state index in [0.717, 1.165) is 30.8 Å². The van der Waals surface area contributed by atoms with Crippen LogP contribution < -0.4 is 11.1 Å². The van der Waals surface area contributed by atoms with Gasteiger partial charge in [-0.2, -0.15) is 0 Å². The SMILES string of the molecule is Nc1cccc(CCC(=O)NCCN2CCCCCC2)c1. The molecule has 0 saturated carbocycles. The van der Waals surface area contributed by atoms with Crippen LogP contribution in [0.2, 0.25) is 0 Å². The highest BCUT2D eigenvalue weighted by Gasteiger charge is 2.09. The number of carbonyl (C=O) groups is 1. The second kappa shape index (κ2) is 8.67. The van der Waals surface area contributed by atoms with Crippen molar-refractivity contribution in [3.63, 3.8) is 0 Å². The lowest BCUT2D eigenvalue weighted by atomic mass is 10.1. The summed E-state index contributed by atoms with van der Waals surface area (Å²) in [6, 6.07) is 7.75. The zero-order valence-corrected chi connectivity index (χ0v) is 12.8. The van der Waals surface area contributed by atoms with Gasteiger partial charge in [0, 0.05) is 25.2 Å². The minimum absolute atomic E-state index is 0.132. The van der Waals surface area contributed by atoms with E-state index in [1.165, 1.54) is 38.8 Å². The lowest BCUT2D eigenvalue weighted by Crippen LogP contribution is -2.35. The van der Waals surface area contributed by atoms with E-state index in [-0.39, 0.29) is 5.91 Å². The lowest BCUT2D eigenvalue weighted by Gasteiger charge is -2.19. The van der Waals surface area contributed by atoms with Crippen molar-refractivity contribution in [2.45, 2.75) is 38.5 Å². The van der Waals surface area contributed by atoms with Crippen LogP contribution in [0.4, 0.5) is 5.69 Å². The van der Waals surface area contributed by atoms with E-state index >= 15 is 0 Å². The van der Waals surface area contributed by atoms with Gasteiger partial charge in [0.15, 0.2) is 0 Å². The van der Waals surface area contributed by atoms with Gasteiger partial charge < -0.3 is 16.0 Å². The average molecular weight is 289 g/mol. The molecule has 0 radical (unpaired) electrons. The average Bonchev–Trinajstić information content (AvgIpc) is 2.74. The van der Waals surface area contributed by atoms with Crippen LogP contribution in [0.15, 0.2) is 24.3 Å². The summed E-state index contributed by atoms with van der Waals surface area (Å²) in [7, 11) is 0. The summed E-state index contributed by atoms with van der Waals surface area (Å²) >= 11 is 0. The summed E-state index contributed by atoms with van der Waals surface area (Å²) in [4.78, 5) is 14.3. The molecule has 0 unspecified atom stereocenters. The molecule has 1 aliphatic heterocycles. The van der Waals surface area contributed by atoms with E-state index in [1.807, 2.05) is 24.3 Å². The van der Waals surface area contributed by atoms with Gasteiger partial charge in [0.2, 0.25) is 5.91 Å². The molecular weight excluding hydrogens is 262 g/mol. The van der Waals surface area contributed by atoms with E-state index in [2.05, 4.69) is 10.2 Å². The second-order valence-electron chi connectivity index (χ2n) is 5.85.